The van der Waals surface area contributed by atoms with Gasteiger partial charge in [0.15, 0.2) is 5.16 Å². The van der Waals surface area contributed by atoms with Crippen molar-refractivity contribution in [3.8, 4) is 34.2 Å². The van der Waals surface area contributed by atoms with Crippen molar-refractivity contribution in [2.45, 2.75) is 11.1 Å². The number of nitrogens with one attached hydrogen (secondary N) is 1. The highest BCUT2D eigenvalue weighted by atomic mass is 32.2. The standard InChI is InChI=1S/C27H19N3O4S/c1-35-26-29-24(22(14-28)25(31)30-26)16-10-12-17(13-11-16)34-27(32)33-15-23-20-8-4-2-6-18(20)19-7-3-5-9-21(19)23/h2-13,23H,15H2,1H3,(H,29,30,31). The summed E-state index contributed by atoms with van der Waals surface area (Å²) in [5.41, 5.74) is 4.79. The molecule has 0 atom stereocenters. The summed E-state index contributed by atoms with van der Waals surface area (Å²) >= 11 is 1.27. The third kappa shape index (κ3) is 4.29. The van der Waals surface area contributed by atoms with Crippen LogP contribution < -0.4 is 10.3 Å². The van der Waals surface area contributed by atoms with Crippen LogP contribution in [0.25, 0.3) is 22.4 Å². The second-order valence-electron chi connectivity index (χ2n) is 7.83. The number of nitriles is 1. The van der Waals surface area contributed by atoms with Crippen LogP contribution in [0.4, 0.5) is 4.79 Å². The second kappa shape index (κ2) is 9.49. The van der Waals surface area contributed by atoms with Gasteiger partial charge in [0.05, 0.1) is 5.69 Å². The van der Waals surface area contributed by atoms with Crippen molar-refractivity contribution in [2.24, 2.45) is 0 Å². The van der Waals surface area contributed by atoms with Crippen molar-refractivity contribution in [2.75, 3.05) is 12.9 Å². The van der Waals surface area contributed by atoms with E-state index >= 15 is 0 Å². The van der Waals surface area contributed by atoms with Crippen LogP contribution in [-0.4, -0.2) is 29.0 Å². The average Bonchev–Trinajstić information content (AvgIpc) is 3.21. The lowest BCUT2D eigenvalue weighted by atomic mass is 9.98. The number of benzene rings is 3. The number of hydrogen-bond acceptors (Lipinski definition) is 7. The van der Waals surface area contributed by atoms with Crippen LogP contribution >= 0.6 is 11.8 Å². The van der Waals surface area contributed by atoms with Gasteiger partial charge in [-0.3, -0.25) is 4.79 Å². The van der Waals surface area contributed by atoms with Crippen molar-refractivity contribution in [3.63, 3.8) is 0 Å². The van der Waals surface area contributed by atoms with Gasteiger partial charge in [-0.2, -0.15) is 5.26 Å². The fraction of sp³-hybridized carbons (Fsp3) is 0.111. The molecule has 0 unspecified atom stereocenters. The minimum absolute atomic E-state index is 0.0605. The van der Waals surface area contributed by atoms with Crippen molar-refractivity contribution in [1.82, 2.24) is 9.97 Å². The SMILES string of the molecule is CSc1nc(-c2ccc(OC(=O)OCC3c4ccccc4-c4ccccc43)cc2)c(C#N)c(=O)[nH]1. The van der Waals surface area contributed by atoms with Gasteiger partial charge in [0, 0.05) is 11.5 Å². The summed E-state index contributed by atoms with van der Waals surface area (Å²) in [6, 6.07) is 24.5. The van der Waals surface area contributed by atoms with Crippen molar-refractivity contribution >= 4 is 17.9 Å². The van der Waals surface area contributed by atoms with Gasteiger partial charge < -0.3 is 14.5 Å². The summed E-state index contributed by atoms with van der Waals surface area (Å²) in [5.74, 6) is 0.217. The normalized spacial score (nSPS) is 11.9. The van der Waals surface area contributed by atoms with E-state index in [1.165, 1.54) is 11.8 Å². The van der Waals surface area contributed by atoms with Crippen molar-refractivity contribution < 1.29 is 14.3 Å². The zero-order chi connectivity index (χ0) is 24.4. The Kier molecular flexibility index (Phi) is 6.08. The van der Waals surface area contributed by atoms with Gasteiger partial charge in [0.2, 0.25) is 0 Å². The number of rotatable bonds is 5. The molecule has 0 saturated carbocycles. The Labute approximate surface area is 205 Å². The molecule has 0 bridgehead atoms. The van der Waals surface area contributed by atoms with Gasteiger partial charge >= 0.3 is 6.16 Å². The molecule has 1 aliphatic rings. The molecule has 3 aromatic carbocycles. The van der Waals surface area contributed by atoms with E-state index in [1.807, 2.05) is 42.5 Å². The Balaban J connectivity index is 1.29. The van der Waals surface area contributed by atoms with E-state index in [0.717, 1.165) is 22.3 Å². The zero-order valence-electron chi connectivity index (χ0n) is 18.6. The summed E-state index contributed by atoms with van der Waals surface area (Å²) in [7, 11) is 0. The molecule has 7 nitrogen and oxygen atoms in total. The maximum atomic E-state index is 12.4. The lowest BCUT2D eigenvalue weighted by Gasteiger charge is -2.14. The molecule has 1 aliphatic carbocycles. The number of aromatic amines is 1. The molecule has 0 saturated heterocycles. The Morgan fingerprint density at radius 1 is 1.03 bits per heavy atom. The quantitative estimate of drug-likeness (QED) is 0.177. The number of hydrogen-bond donors (Lipinski definition) is 1. The number of thioether (sulfide) groups is 1. The van der Waals surface area contributed by atoms with Gasteiger partial charge in [0.25, 0.3) is 5.56 Å². The van der Waals surface area contributed by atoms with Crippen LogP contribution in [0.3, 0.4) is 0 Å². The maximum Gasteiger partial charge on any atom is 0.513 e. The first-order valence-corrected chi connectivity index (χ1v) is 12.0. The predicted octanol–water partition coefficient (Wildman–Crippen LogP) is 5.36. The highest BCUT2D eigenvalue weighted by molar-refractivity contribution is 7.98. The van der Waals surface area contributed by atoms with Crippen LogP contribution in [0.5, 0.6) is 5.75 Å². The van der Waals surface area contributed by atoms with E-state index < -0.39 is 11.7 Å². The van der Waals surface area contributed by atoms with E-state index in [-0.39, 0.29) is 29.5 Å². The molecule has 0 aliphatic heterocycles. The van der Waals surface area contributed by atoms with E-state index in [9.17, 15) is 14.9 Å². The molecule has 1 heterocycles. The summed E-state index contributed by atoms with van der Waals surface area (Å²) < 4.78 is 10.8. The molecule has 4 aromatic rings. The van der Waals surface area contributed by atoms with Crippen LogP contribution in [-0.2, 0) is 4.74 Å². The van der Waals surface area contributed by atoms with Crippen LogP contribution in [0.15, 0.2) is 82.7 Å². The second-order valence-corrected chi connectivity index (χ2v) is 8.62. The molecule has 0 amide bonds. The number of ether oxygens (including phenoxy) is 2. The monoisotopic (exact) mass is 481 g/mol. The topological polar surface area (TPSA) is 105 Å². The molecule has 1 aromatic heterocycles. The Hall–Kier alpha value is -4.35. The van der Waals surface area contributed by atoms with Gasteiger partial charge in [-0.15, -0.1) is 0 Å². The van der Waals surface area contributed by atoms with E-state index in [4.69, 9.17) is 9.47 Å². The molecule has 172 valence electrons. The first-order chi connectivity index (χ1) is 17.1. The van der Waals surface area contributed by atoms with Crippen LogP contribution in [0.1, 0.15) is 22.6 Å². The van der Waals surface area contributed by atoms with Gasteiger partial charge in [-0.05, 0) is 52.8 Å². The number of carbonyl (C=O) groups is 1. The van der Waals surface area contributed by atoms with E-state index in [2.05, 4.69) is 22.1 Å². The highest BCUT2D eigenvalue weighted by Crippen LogP contribution is 2.44. The van der Waals surface area contributed by atoms with E-state index in [0.29, 0.717) is 10.7 Å². The summed E-state index contributed by atoms with van der Waals surface area (Å²) in [6.07, 6.45) is 0.968. The Bertz CT molecular complexity index is 1480. The Morgan fingerprint density at radius 3 is 2.26 bits per heavy atom. The molecule has 1 N–H and O–H groups in total. The largest absolute Gasteiger partial charge is 0.513 e. The lowest BCUT2D eigenvalue weighted by Crippen LogP contribution is -2.16. The van der Waals surface area contributed by atoms with Gasteiger partial charge in [0.1, 0.15) is 24.0 Å². The number of H-pyrrole nitrogens is 1. The number of carbonyl (C=O) groups excluding carboxylic acids is 1. The molecule has 0 radical (unpaired) electrons. The number of nitrogens with zero attached hydrogens (tertiary/aromatic N) is 2. The van der Waals surface area contributed by atoms with Crippen molar-refractivity contribution in [1.29, 1.82) is 5.26 Å². The number of fused-ring (bicyclic) bond motifs is 3. The lowest BCUT2D eigenvalue weighted by molar-refractivity contribution is 0.0965. The van der Waals surface area contributed by atoms with Gasteiger partial charge in [-0.25, -0.2) is 9.78 Å². The highest BCUT2D eigenvalue weighted by Gasteiger charge is 2.29. The first kappa shape index (κ1) is 22.4. The fourth-order valence-corrected chi connectivity index (χ4v) is 4.64. The third-order valence-corrected chi connectivity index (χ3v) is 6.44. The minimum Gasteiger partial charge on any atom is -0.433 e. The maximum absolute atomic E-state index is 12.4. The minimum atomic E-state index is -0.809. The molecular weight excluding hydrogens is 462 g/mol. The fourth-order valence-electron chi connectivity index (χ4n) is 4.26. The predicted molar refractivity (Wildman–Crippen MR) is 132 cm³/mol. The molecule has 35 heavy (non-hydrogen) atoms. The molecule has 0 fully saturated rings. The molecule has 8 heteroatoms. The van der Waals surface area contributed by atoms with Crippen molar-refractivity contribution in [3.05, 3.63) is 99.8 Å². The molecule has 0 spiro atoms. The number of aromatic nitrogens is 2. The van der Waals surface area contributed by atoms with Crippen LogP contribution in [0.2, 0.25) is 0 Å². The zero-order valence-corrected chi connectivity index (χ0v) is 19.5. The molecular formula is C27H19N3O4S. The Morgan fingerprint density at radius 2 is 1.66 bits per heavy atom. The summed E-state index contributed by atoms with van der Waals surface area (Å²) in [6.45, 7) is 0.157. The van der Waals surface area contributed by atoms with Gasteiger partial charge in [-0.1, -0.05) is 60.3 Å². The summed E-state index contributed by atoms with van der Waals surface area (Å²) in [4.78, 5) is 31.5. The van der Waals surface area contributed by atoms with Crippen LogP contribution in [0, 0.1) is 11.3 Å². The van der Waals surface area contributed by atoms with E-state index in [1.54, 1.807) is 30.5 Å². The molecule has 5 rings (SSSR count). The third-order valence-electron chi connectivity index (χ3n) is 5.86. The summed E-state index contributed by atoms with van der Waals surface area (Å²) in [5, 5.41) is 9.77. The average molecular weight is 482 g/mol. The first-order valence-electron chi connectivity index (χ1n) is 10.8. The smallest absolute Gasteiger partial charge is 0.433 e.